The van der Waals surface area contributed by atoms with Gasteiger partial charge in [0.15, 0.2) is 11.6 Å². The Morgan fingerprint density at radius 3 is 2.53 bits per heavy atom. The fourth-order valence-corrected chi connectivity index (χ4v) is 2.26. The fraction of sp³-hybridized carbons (Fsp3) is 0. The Balaban J connectivity index is 2.02. The predicted octanol–water partition coefficient (Wildman–Crippen LogP) is 4.04. The van der Waals surface area contributed by atoms with Crippen LogP contribution in [0.5, 0.6) is 0 Å². The molecule has 5 heteroatoms. The van der Waals surface area contributed by atoms with Crippen molar-refractivity contribution >= 4 is 15.9 Å². The van der Waals surface area contributed by atoms with Crippen LogP contribution < -0.4 is 0 Å². The number of aromatic nitrogens is 3. The van der Waals surface area contributed by atoms with Crippen molar-refractivity contribution in [3.8, 4) is 22.8 Å². The molecule has 3 nitrogen and oxygen atoms in total. The van der Waals surface area contributed by atoms with Gasteiger partial charge in [-0.3, -0.25) is 5.10 Å². The zero-order valence-electron chi connectivity index (χ0n) is 9.77. The summed E-state index contributed by atoms with van der Waals surface area (Å²) in [6.45, 7) is 0. The minimum Gasteiger partial charge on any atom is -0.259 e. The molecule has 3 rings (SSSR count). The third-order valence-corrected chi connectivity index (χ3v) is 3.11. The maximum absolute atomic E-state index is 13.3. The van der Waals surface area contributed by atoms with Gasteiger partial charge in [-0.05, 0) is 18.2 Å². The molecule has 0 aliphatic carbocycles. The van der Waals surface area contributed by atoms with Crippen LogP contribution >= 0.6 is 15.9 Å². The maximum Gasteiger partial charge on any atom is 0.181 e. The Morgan fingerprint density at radius 2 is 1.79 bits per heavy atom. The predicted molar refractivity (Wildman–Crippen MR) is 74.9 cm³/mol. The summed E-state index contributed by atoms with van der Waals surface area (Å²) in [5, 5.41) is 6.98. The summed E-state index contributed by atoms with van der Waals surface area (Å²) in [5.41, 5.74) is 1.57. The van der Waals surface area contributed by atoms with E-state index >= 15 is 0 Å². The van der Waals surface area contributed by atoms with Crippen LogP contribution in [0, 0.1) is 5.82 Å². The monoisotopic (exact) mass is 317 g/mol. The molecule has 94 valence electrons. The highest BCUT2D eigenvalue weighted by molar-refractivity contribution is 9.10. The summed E-state index contributed by atoms with van der Waals surface area (Å²) in [6, 6.07) is 14.2. The average Bonchev–Trinajstić information content (AvgIpc) is 2.88. The molecule has 0 aliphatic rings. The second-order valence-corrected chi connectivity index (χ2v) is 4.95. The number of H-pyrrole nitrogens is 1. The summed E-state index contributed by atoms with van der Waals surface area (Å²) in [4.78, 5) is 4.38. The molecular formula is C14H9BrFN3. The number of hydrogen-bond acceptors (Lipinski definition) is 2. The normalized spacial score (nSPS) is 10.6. The lowest BCUT2D eigenvalue weighted by Crippen LogP contribution is -1.84. The van der Waals surface area contributed by atoms with E-state index in [1.54, 1.807) is 6.07 Å². The Bertz CT molecular complexity index is 689. The first-order valence-electron chi connectivity index (χ1n) is 5.67. The number of rotatable bonds is 2. The van der Waals surface area contributed by atoms with Crippen molar-refractivity contribution in [3.63, 3.8) is 0 Å². The molecule has 1 heterocycles. The third-order valence-electron chi connectivity index (χ3n) is 2.65. The molecule has 1 N–H and O–H groups in total. The van der Waals surface area contributed by atoms with E-state index < -0.39 is 0 Å². The maximum atomic E-state index is 13.3. The minimum absolute atomic E-state index is 0.324. The third kappa shape index (κ3) is 2.56. The van der Waals surface area contributed by atoms with Gasteiger partial charge >= 0.3 is 0 Å². The van der Waals surface area contributed by atoms with Gasteiger partial charge in [0.05, 0.1) is 0 Å². The van der Waals surface area contributed by atoms with Gasteiger partial charge in [-0.15, -0.1) is 0 Å². The van der Waals surface area contributed by atoms with E-state index in [1.165, 1.54) is 12.1 Å². The van der Waals surface area contributed by atoms with Gasteiger partial charge in [-0.25, -0.2) is 9.37 Å². The van der Waals surface area contributed by atoms with Crippen molar-refractivity contribution in [3.05, 3.63) is 58.8 Å². The van der Waals surface area contributed by atoms with Gasteiger partial charge in [0.2, 0.25) is 0 Å². The Labute approximate surface area is 117 Å². The number of hydrogen-bond donors (Lipinski definition) is 1. The van der Waals surface area contributed by atoms with Crippen LogP contribution in [-0.4, -0.2) is 15.2 Å². The molecule has 0 spiro atoms. The quantitative estimate of drug-likeness (QED) is 0.775. The van der Waals surface area contributed by atoms with E-state index in [4.69, 9.17) is 0 Å². The topological polar surface area (TPSA) is 41.6 Å². The van der Waals surface area contributed by atoms with Gasteiger partial charge in [0, 0.05) is 15.6 Å². The molecule has 0 bridgehead atoms. The van der Waals surface area contributed by atoms with E-state index in [0.717, 1.165) is 5.56 Å². The SMILES string of the molecule is Fc1cc(Br)cc(-c2n[nH]c(-c3ccccc3)n2)c1. The van der Waals surface area contributed by atoms with Gasteiger partial charge < -0.3 is 0 Å². The number of benzene rings is 2. The first-order chi connectivity index (χ1) is 9.22. The van der Waals surface area contributed by atoms with Gasteiger partial charge in [0.25, 0.3) is 0 Å². The molecule has 0 saturated heterocycles. The Morgan fingerprint density at radius 1 is 1.00 bits per heavy atom. The van der Waals surface area contributed by atoms with E-state index in [-0.39, 0.29) is 5.82 Å². The molecule has 3 aromatic rings. The molecule has 0 atom stereocenters. The fourth-order valence-electron chi connectivity index (χ4n) is 1.80. The lowest BCUT2D eigenvalue weighted by atomic mass is 10.2. The van der Waals surface area contributed by atoms with Crippen LogP contribution in [-0.2, 0) is 0 Å². The number of halogens is 2. The molecule has 2 aromatic carbocycles. The van der Waals surface area contributed by atoms with Crippen molar-refractivity contribution in [2.24, 2.45) is 0 Å². The van der Waals surface area contributed by atoms with Crippen molar-refractivity contribution < 1.29 is 4.39 Å². The molecule has 0 saturated carbocycles. The van der Waals surface area contributed by atoms with Crippen LogP contribution in [0.4, 0.5) is 4.39 Å². The molecule has 0 amide bonds. The van der Waals surface area contributed by atoms with Crippen molar-refractivity contribution in [2.45, 2.75) is 0 Å². The second kappa shape index (κ2) is 4.93. The first kappa shape index (κ1) is 12.0. The molecule has 1 aromatic heterocycles. The number of aromatic amines is 1. The van der Waals surface area contributed by atoms with Crippen molar-refractivity contribution in [1.82, 2.24) is 15.2 Å². The summed E-state index contributed by atoms with van der Waals surface area (Å²) in [7, 11) is 0. The van der Waals surface area contributed by atoms with E-state index in [9.17, 15) is 4.39 Å². The first-order valence-corrected chi connectivity index (χ1v) is 6.46. The zero-order chi connectivity index (χ0) is 13.2. The van der Waals surface area contributed by atoms with Crippen LogP contribution in [0.1, 0.15) is 0 Å². The standard InChI is InChI=1S/C14H9BrFN3/c15-11-6-10(7-12(16)8-11)14-17-13(18-19-14)9-4-2-1-3-5-9/h1-8H,(H,17,18,19). The van der Waals surface area contributed by atoms with Gasteiger partial charge in [0.1, 0.15) is 5.82 Å². The van der Waals surface area contributed by atoms with Crippen LogP contribution in [0.25, 0.3) is 22.8 Å². The molecule has 0 aliphatic heterocycles. The summed E-state index contributed by atoms with van der Waals surface area (Å²) in [5.74, 6) is 0.811. The van der Waals surface area contributed by atoms with Gasteiger partial charge in [-0.1, -0.05) is 46.3 Å². The summed E-state index contributed by atoms with van der Waals surface area (Å²) in [6.07, 6.45) is 0. The minimum atomic E-state index is -0.324. The highest BCUT2D eigenvalue weighted by Gasteiger charge is 2.09. The molecular weight excluding hydrogens is 309 g/mol. The molecule has 0 fully saturated rings. The second-order valence-electron chi connectivity index (χ2n) is 4.03. The largest absolute Gasteiger partial charge is 0.259 e. The smallest absolute Gasteiger partial charge is 0.181 e. The lowest BCUT2D eigenvalue weighted by Gasteiger charge is -1.97. The van der Waals surface area contributed by atoms with Crippen LogP contribution in [0.2, 0.25) is 0 Å². The average molecular weight is 318 g/mol. The van der Waals surface area contributed by atoms with Crippen molar-refractivity contribution in [1.29, 1.82) is 0 Å². The number of nitrogens with zero attached hydrogens (tertiary/aromatic N) is 2. The van der Waals surface area contributed by atoms with Crippen LogP contribution in [0.3, 0.4) is 0 Å². The zero-order valence-corrected chi connectivity index (χ0v) is 11.4. The van der Waals surface area contributed by atoms with Gasteiger partial charge in [-0.2, -0.15) is 5.10 Å². The molecule has 0 radical (unpaired) electrons. The Hall–Kier alpha value is -2.01. The van der Waals surface area contributed by atoms with Crippen molar-refractivity contribution in [2.75, 3.05) is 0 Å². The van der Waals surface area contributed by atoms with E-state index in [2.05, 4.69) is 31.1 Å². The summed E-state index contributed by atoms with van der Waals surface area (Å²) >= 11 is 3.26. The highest BCUT2D eigenvalue weighted by atomic mass is 79.9. The summed E-state index contributed by atoms with van der Waals surface area (Å²) < 4.78 is 14.0. The molecule has 19 heavy (non-hydrogen) atoms. The Kier molecular flexibility index (Phi) is 3.13. The lowest BCUT2D eigenvalue weighted by molar-refractivity contribution is 0.627. The van der Waals surface area contributed by atoms with Crippen LogP contribution in [0.15, 0.2) is 53.0 Å². The van der Waals surface area contributed by atoms with E-state index in [1.807, 2.05) is 30.3 Å². The molecule has 0 unspecified atom stereocenters. The van der Waals surface area contributed by atoms with E-state index in [0.29, 0.717) is 21.7 Å². The highest BCUT2D eigenvalue weighted by Crippen LogP contribution is 2.23. The number of nitrogens with one attached hydrogen (secondary N) is 1.